The first kappa shape index (κ1) is 16.9. The van der Waals surface area contributed by atoms with Gasteiger partial charge in [0.15, 0.2) is 5.71 Å². The Kier molecular flexibility index (Phi) is 5.56. The first-order chi connectivity index (χ1) is 10.2. The van der Waals surface area contributed by atoms with E-state index in [4.69, 9.17) is 5.11 Å². The van der Waals surface area contributed by atoms with Gasteiger partial charge in [-0.25, -0.2) is 0 Å². The molecule has 0 aliphatic carbocycles. The Labute approximate surface area is 147 Å². The molecule has 0 amide bonds. The Bertz CT molecular complexity index is 732. The predicted octanol–water partition coefficient (Wildman–Crippen LogP) is 0.955. The van der Waals surface area contributed by atoms with Gasteiger partial charge in [-0.15, -0.1) is 0 Å². The van der Waals surface area contributed by atoms with Gasteiger partial charge in [-0.2, -0.15) is 4.58 Å². The lowest BCUT2D eigenvalue weighted by Gasteiger charge is -2.02. The van der Waals surface area contributed by atoms with Gasteiger partial charge in [-0.05, 0) is 24.3 Å². The maximum Gasteiger partial charge on any atom is 0.303 e. The highest BCUT2D eigenvalue weighted by Crippen LogP contribution is 2.35. The second-order valence-corrected chi connectivity index (χ2v) is 5.62. The molecule has 0 spiro atoms. The number of hydrogen-bond acceptors (Lipinski definition) is 1. The van der Waals surface area contributed by atoms with Crippen LogP contribution < -0.4 is 24.0 Å². The van der Waals surface area contributed by atoms with Crippen LogP contribution >= 0.6 is 0 Å². The molecule has 22 heavy (non-hydrogen) atoms. The van der Waals surface area contributed by atoms with E-state index in [0.717, 1.165) is 25.8 Å². The lowest BCUT2D eigenvalue weighted by atomic mass is 10.0. The van der Waals surface area contributed by atoms with Crippen molar-refractivity contribution in [3.05, 3.63) is 42.0 Å². The molecule has 0 saturated heterocycles. The highest BCUT2D eigenvalue weighted by molar-refractivity contribution is 6.14. The first-order valence-electron chi connectivity index (χ1n) is 7.53. The molecule has 2 aromatic carbocycles. The highest BCUT2D eigenvalue weighted by atomic mass is 127. The van der Waals surface area contributed by atoms with Crippen molar-refractivity contribution in [2.75, 3.05) is 6.54 Å². The summed E-state index contributed by atoms with van der Waals surface area (Å²) in [5.41, 5.74) is 3.92. The largest absolute Gasteiger partial charge is 1.00 e. The number of rotatable bonds is 6. The number of carboxylic acid groups (broad SMARTS) is 1. The number of benzene rings is 2. The lowest BCUT2D eigenvalue weighted by Crippen LogP contribution is -3.00. The molecule has 0 saturated carbocycles. The Morgan fingerprint density at radius 3 is 2.55 bits per heavy atom. The molecule has 1 N–H and O–H groups in total. The van der Waals surface area contributed by atoms with Crippen LogP contribution in [0.5, 0.6) is 0 Å². The van der Waals surface area contributed by atoms with E-state index in [-0.39, 0.29) is 30.4 Å². The van der Waals surface area contributed by atoms with E-state index in [1.165, 1.54) is 27.7 Å². The minimum Gasteiger partial charge on any atom is -1.00 e. The molecule has 0 bridgehead atoms. The SMILES string of the molecule is CC1=[N+](CCCCCC(=O)O)c2cccc3cccc1c23.[I-]. The van der Waals surface area contributed by atoms with Crippen molar-refractivity contribution in [3.63, 3.8) is 0 Å². The molecule has 1 aliphatic rings. The average Bonchev–Trinajstić information content (AvgIpc) is 2.75. The fourth-order valence-corrected chi connectivity index (χ4v) is 3.18. The summed E-state index contributed by atoms with van der Waals surface area (Å²) in [6.07, 6.45) is 3.02. The van der Waals surface area contributed by atoms with E-state index in [2.05, 4.69) is 47.9 Å². The molecule has 0 aromatic heterocycles. The van der Waals surface area contributed by atoms with Crippen LogP contribution in [0.25, 0.3) is 10.8 Å². The number of unbranched alkanes of at least 4 members (excludes halogenated alkanes) is 2. The van der Waals surface area contributed by atoms with E-state index in [9.17, 15) is 4.79 Å². The van der Waals surface area contributed by atoms with E-state index in [0.29, 0.717) is 0 Å². The zero-order chi connectivity index (χ0) is 14.8. The van der Waals surface area contributed by atoms with Gasteiger partial charge in [0.05, 0.1) is 10.9 Å². The fraction of sp³-hybridized carbons (Fsp3) is 0.333. The minimum absolute atomic E-state index is 0. The maximum absolute atomic E-state index is 10.5. The predicted molar refractivity (Wildman–Crippen MR) is 84.6 cm³/mol. The van der Waals surface area contributed by atoms with E-state index >= 15 is 0 Å². The van der Waals surface area contributed by atoms with Crippen LogP contribution in [0.1, 0.15) is 38.2 Å². The van der Waals surface area contributed by atoms with E-state index in [1.807, 2.05) is 0 Å². The monoisotopic (exact) mass is 409 g/mol. The van der Waals surface area contributed by atoms with Gasteiger partial charge < -0.3 is 29.1 Å². The topological polar surface area (TPSA) is 40.3 Å². The number of aliphatic carboxylic acids is 1. The van der Waals surface area contributed by atoms with Crippen LogP contribution in [0.4, 0.5) is 5.69 Å². The van der Waals surface area contributed by atoms with Gasteiger partial charge in [0, 0.05) is 25.8 Å². The standard InChI is InChI=1S/C18H19NO2.HI/c1-13-15-9-5-7-14-8-6-10-16(18(14)15)19(13)12-4-2-3-11-17(20)21;/h5-10H,2-4,11-12H2,1H3;1H. The molecular formula is C18H20INO2. The van der Waals surface area contributed by atoms with Crippen LogP contribution in [0.2, 0.25) is 0 Å². The highest BCUT2D eigenvalue weighted by Gasteiger charge is 2.28. The van der Waals surface area contributed by atoms with Crippen molar-refractivity contribution >= 4 is 28.1 Å². The van der Waals surface area contributed by atoms with Crippen molar-refractivity contribution in [1.82, 2.24) is 0 Å². The van der Waals surface area contributed by atoms with Crippen LogP contribution in [0, 0.1) is 0 Å². The molecule has 0 atom stereocenters. The van der Waals surface area contributed by atoms with Crippen LogP contribution in [0.15, 0.2) is 36.4 Å². The molecule has 0 fully saturated rings. The number of halogens is 1. The molecule has 0 unspecified atom stereocenters. The van der Waals surface area contributed by atoms with Gasteiger partial charge in [0.1, 0.15) is 6.54 Å². The molecule has 4 heteroatoms. The average molecular weight is 409 g/mol. The molecule has 3 nitrogen and oxygen atoms in total. The molecule has 3 rings (SSSR count). The van der Waals surface area contributed by atoms with Crippen molar-refractivity contribution in [3.8, 4) is 0 Å². The summed E-state index contributed by atoms with van der Waals surface area (Å²) < 4.78 is 2.37. The number of nitrogens with zero attached hydrogens (tertiary/aromatic N) is 1. The summed E-state index contributed by atoms with van der Waals surface area (Å²) in [5.74, 6) is -0.698. The van der Waals surface area contributed by atoms with Crippen LogP contribution in [-0.4, -0.2) is 27.9 Å². The van der Waals surface area contributed by atoms with E-state index in [1.54, 1.807) is 0 Å². The maximum atomic E-state index is 10.5. The van der Waals surface area contributed by atoms with Crippen LogP contribution in [-0.2, 0) is 4.79 Å². The van der Waals surface area contributed by atoms with Crippen molar-refractivity contribution in [2.24, 2.45) is 0 Å². The third kappa shape index (κ3) is 3.16. The Morgan fingerprint density at radius 1 is 1.09 bits per heavy atom. The second kappa shape index (κ2) is 7.22. The van der Waals surface area contributed by atoms with Crippen molar-refractivity contribution in [2.45, 2.75) is 32.6 Å². The molecule has 1 heterocycles. The molecular weight excluding hydrogens is 389 g/mol. The second-order valence-electron chi connectivity index (χ2n) is 5.62. The normalized spacial score (nSPS) is 12.6. The smallest absolute Gasteiger partial charge is 0.303 e. The summed E-state index contributed by atoms with van der Waals surface area (Å²) in [6.45, 7) is 3.13. The summed E-state index contributed by atoms with van der Waals surface area (Å²) in [4.78, 5) is 10.5. The summed E-state index contributed by atoms with van der Waals surface area (Å²) in [6, 6.07) is 12.9. The Balaban J connectivity index is 0.00000176. The van der Waals surface area contributed by atoms with Gasteiger partial charge in [0.2, 0.25) is 5.69 Å². The van der Waals surface area contributed by atoms with Gasteiger partial charge in [-0.3, -0.25) is 4.79 Å². The van der Waals surface area contributed by atoms with Gasteiger partial charge in [0.25, 0.3) is 0 Å². The van der Waals surface area contributed by atoms with Crippen molar-refractivity contribution in [1.29, 1.82) is 0 Å². The Morgan fingerprint density at radius 2 is 1.82 bits per heavy atom. The summed E-state index contributed by atoms with van der Waals surface area (Å²) >= 11 is 0. The van der Waals surface area contributed by atoms with E-state index < -0.39 is 5.97 Å². The number of hydrogen-bond donors (Lipinski definition) is 1. The summed E-state index contributed by atoms with van der Waals surface area (Å²) in [7, 11) is 0. The zero-order valence-electron chi connectivity index (χ0n) is 12.7. The molecule has 1 aliphatic heterocycles. The number of carbonyl (C=O) groups is 1. The van der Waals surface area contributed by atoms with Gasteiger partial charge >= 0.3 is 5.97 Å². The minimum atomic E-state index is -0.698. The molecule has 116 valence electrons. The molecule has 0 radical (unpaired) electrons. The molecule has 2 aromatic rings. The fourth-order valence-electron chi connectivity index (χ4n) is 3.18. The van der Waals surface area contributed by atoms with Crippen LogP contribution in [0.3, 0.4) is 0 Å². The van der Waals surface area contributed by atoms with Gasteiger partial charge in [-0.1, -0.05) is 24.3 Å². The zero-order valence-corrected chi connectivity index (χ0v) is 14.8. The summed E-state index contributed by atoms with van der Waals surface area (Å²) in [5, 5.41) is 11.3. The third-order valence-electron chi connectivity index (χ3n) is 4.24. The number of carboxylic acids is 1. The third-order valence-corrected chi connectivity index (χ3v) is 4.24. The van der Waals surface area contributed by atoms with Crippen molar-refractivity contribution < 1.29 is 38.5 Å². The first-order valence-corrected chi connectivity index (χ1v) is 7.53. The Hall–Kier alpha value is -1.43. The quantitative estimate of drug-likeness (QED) is 0.439. The lowest BCUT2D eigenvalue weighted by molar-refractivity contribution is -0.437.